The van der Waals surface area contributed by atoms with Gasteiger partial charge in [-0.3, -0.25) is 0 Å². The highest BCUT2D eigenvalue weighted by atomic mass is 35.5. The molecule has 1 aromatic heterocycles. The second kappa shape index (κ2) is 6.63. The number of hydrogen-bond donors (Lipinski definition) is 1. The van der Waals surface area contributed by atoms with Crippen LogP contribution in [0.2, 0.25) is 5.02 Å². The fourth-order valence-corrected chi connectivity index (χ4v) is 2.28. The largest absolute Gasteiger partial charge is 0.476 e. The Balaban J connectivity index is 2.31. The summed E-state index contributed by atoms with van der Waals surface area (Å²) in [5.74, 6) is 1.05. The van der Waals surface area contributed by atoms with E-state index in [0.717, 1.165) is 5.56 Å². The minimum absolute atomic E-state index is 0.0652. The van der Waals surface area contributed by atoms with Crippen LogP contribution < -0.4 is 15.4 Å². The smallest absolute Gasteiger partial charge is 0.242 e. The van der Waals surface area contributed by atoms with E-state index < -0.39 is 0 Å². The monoisotopic (exact) mass is 306 g/mol. The second-order valence-electron chi connectivity index (χ2n) is 4.69. The van der Waals surface area contributed by atoms with Crippen LogP contribution in [0, 0.1) is 0 Å². The van der Waals surface area contributed by atoms with E-state index in [9.17, 15) is 0 Å². The summed E-state index contributed by atoms with van der Waals surface area (Å²) < 4.78 is 5.41. The third-order valence-corrected chi connectivity index (χ3v) is 3.59. The van der Waals surface area contributed by atoms with Crippen LogP contribution in [-0.4, -0.2) is 23.6 Å². The van der Waals surface area contributed by atoms with Crippen LogP contribution in [0.5, 0.6) is 5.88 Å². The normalized spacial score (nSPS) is 12.0. The molecule has 0 aliphatic carbocycles. The molecule has 1 unspecified atom stereocenters. The van der Waals surface area contributed by atoms with Gasteiger partial charge in [-0.1, -0.05) is 23.7 Å². The van der Waals surface area contributed by atoms with E-state index in [1.165, 1.54) is 6.33 Å². The minimum atomic E-state index is 0.0652. The molecular formula is C15H19ClN4O. The fraction of sp³-hybridized carbons (Fsp3) is 0.333. The molecule has 0 saturated carbocycles. The molecule has 0 bridgehead atoms. The number of aromatic nitrogens is 2. The topological polar surface area (TPSA) is 64.3 Å². The number of nitrogens with two attached hydrogens (primary N) is 1. The standard InChI is InChI=1S/C15H19ClN4O/c1-4-21-15-13(17)14(18-9-19-15)20(3)10(2)11-6-5-7-12(16)8-11/h5-10H,4,17H2,1-3H3. The van der Waals surface area contributed by atoms with Crippen LogP contribution in [-0.2, 0) is 0 Å². The van der Waals surface area contributed by atoms with Crippen LogP contribution in [0.3, 0.4) is 0 Å². The zero-order valence-electron chi connectivity index (χ0n) is 12.4. The lowest BCUT2D eigenvalue weighted by Gasteiger charge is -2.27. The van der Waals surface area contributed by atoms with Gasteiger partial charge < -0.3 is 15.4 Å². The van der Waals surface area contributed by atoms with Gasteiger partial charge in [0, 0.05) is 12.1 Å². The molecule has 21 heavy (non-hydrogen) atoms. The molecule has 0 spiro atoms. The first-order chi connectivity index (χ1) is 10.0. The third-order valence-electron chi connectivity index (χ3n) is 3.35. The second-order valence-corrected chi connectivity index (χ2v) is 5.13. The number of ether oxygens (including phenoxy) is 1. The summed E-state index contributed by atoms with van der Waals surface area (Å²) in [7, 11) is 1.93. The van der Waals surface area contributed by atoms with Gasteiger partial charge in [-0.2, -0.15) is 4.98 Å². The van der Waals surface area contributed by atoms with Gasteiger partial charge in [0.05, 0.1) is 12.6 Å². The highest BCUT2D eigenvalue weighted by Crippen LogP contribution is 2.32. The summed E-state index contributed by atoms with van der Waals surface area (Å²) in [5, 5.41) is 0.707. The van der Waals surface area contributed by atoms with Crippen molar-refractivity contribution in [2.45, 2.75) is 19.9 Å². The number of nitrogen functional groups attached to an aromatic ring is 1. The van der Waals surface area contributed by atoms with Crippen molar-refractivity contribution in [3.05, 3.63) is 41.2 Å². The van der Waals surface area contributed by atoms with Crippen molar-refractivity contribution in [3.8, 4) is 5.88 Å². The molecule has 1 aromatic carbocycles. The lowest BCUT2D eigenvalue weighted by atomic mass is 10.1. The molecule has 0 fully saturated rings. The molecule has 112 valence electrons. The van der Waals surface area contributed by atoms with Crippen LogP contribution in [0.25, 0.3) is 0 Å². The van der Waals surface area contributed by atoms with E-state index >= 15 is 0 Å². The number of halogens is 1. The molecule has 0 radical (unpaired) electrons. The van der Waals surface area contributed by atoms with Crippen molar-refractivity contribution in [3.63, 3.8) is 0 Å². The molecule has 0 aliphatic heterocycles. The maximum atomic E-state index is 6.10. The van der Waals surface area contributed by atoms with Crippen LogP contribution in [0.15, 0.2) is 30.6 Å². The molecule has 2 N–H and O–H groups in total. The van der Waals surface area contributed by atoms with Gasteiger partial charge in [-0.05, 0) is 31.5 Å². The predicted molar refractivity (Wildman–Crippen MR) is 85.9 cm³/mol. The van der Waals surface area contributed by atoms with E-state index in [2.05, 4.69) is 16.9 Å². The summed E-state index contributed by atoms with van der Waals surface area (Å²) in [6.07, 6.45) is 1.46. The molecule has 0 amide bonds. The fourth-order valence-electron chi connectivity index (χ4n) is 2.08. The van der Waals surface area contributed by atoms with E-state index in [-0.39, 0.29) is 6.04 Å². The SMILES string of the molecule is CCOc1ncnc(N(C)C(C)c2cccc(Cl)c2)c1N. The predicted octanol–water partition coefficient (Wildman–Crippen LogP) is 3.31. The van der Waals surface area contributed by atoms with Crippen molar-refractivity contribution in [2.75, 3.05) is 24.3 Å². The maximum absolute atomic E-state index is 6.10. The number of nitrogens with zero attached hydrogens (tertiary/aromatic N) is 3. The first kappa shape index (κ1) is 15.4. The zero-order valence-corrected chi connectivity index (χ0v) is 13.1. The van der Waals surface area contributed by atoms with Gasteiger partial charge in [0.25, 0.3) is 0 Å². The highest BCUT2D eigenvalue weighted by molar-refractivity contribution is 6.30. The molecule has 2 aromatic rings. The quantitative estimate of drug-likeness (QED) is 0.918. The van der Waals surface area contributed by atoms with Crippen molar-refractivity contribution in [1.29, 1.82) is 0 Å². The van der Waals surface area contributed by atoms with Crippen LogP contribution in [0.1, 0.15) is 25.5 Å². The summed E-state index contributed by atoms with van der Waals surface area (Å²) >= 11 is 6.05. The number of hydrogen-bond acceptors (Lipinski definition) is 5. The Labute approximate surface area is 129 Å². The molecule has 0 saturated heterocycles. The van der Waals surface area contributed by atoms with E-state index in [4.69, 9.17) is 22.1 Å². The molecule has 6 heteroatoms. The summed E-state index contributed by atoms with van der Waals surface area (Å²) in [5.41, 5.74) is 7.62. The molecule has 2 rings (SSSR count). The van der Waals surface area contributed by atoms with Crippen LogP contribution >= 0.6 is 11.6 Å². The zero-order chi connectivity index (χ0) is 15.4. The van der Waals surface area contributed by atoms with Gasteiger partial charge >= 0.3 is 0 Å². The van der Waals surface area contributed by atoms with Crippen molar-refractivity contribution in [2.24, 2.45) is 0 Å². The minimum Gasteiger partial charge on any atom is -0.476 e. The van der Waals surface area contributed by atoms with Crippen molar-refractivity contribution < 1.29 is 4.74 Å². The molecule has 5 nitrogen and oxygen atoms in total. The Morgan fingerprint density at radius 2 is 2.14 bits per heavy atom. The number of benzene rings is 1. The Morgan fingerprint density at radius 3 is 2.81 bits per heavy atom. The molecule has 1 atom stereocenters. The van der Waals surface area contributed by atoms with Gasteiger partial charge in [0.2, 0.25) is 5.88 Å². The Bertz CT molecular complexity index is 620. The molecule has 0 aliphatic rings. The van der Waals surface area contributed by atoms with E-state index in [1.807, 2.05) is 43.1 Å². The highest BCUT2D eigenvalue weighted by Gasteiger charge is 2.18. The Morgan fingerprint density at radius 1 is 1.38 bits per heavy atom. The summed E-state index contributed by atoms with van der Waals surface area (Å²) in [6.45, 7) is 4.46. The summed E-state index contributed by atoms with van der Waals surface area (Å²) in [6, 6.07) is 7.80. The van der Waals surface area contributed by atoms with Gasteiger partial charge in [0.15, 0.2) is 5.82 Å². The summed E-state index contributed by atoms with van der Waals surface area (Å²) in [4.78, 5) is 10.3. The number of rotatable bonds is 5. The van der Waals surface area contributed by atoms with Crippen molar-refractivity contribution in [1.82, 2.24) is 9.97 Å². The van der Waals surface area contributed by atoms with Crippen molar-refractivity contribution >= 4 is 23.1 Å². The van der Waals surface area contributed by atoms with E-state index in [0.29, 0.717) is 29.0 Å². The number of anilines is 2. The van der Waals surface area contributed by atoms with E-state index in [1.54, 1.807) is 0 Å². The average molecular weight is 307 g/mol. The Kier molecular flexibility index (Phi) is 4.85. The van der Waals surface area contributed by atoms with Gasteiger partial charge in [-0.15, -0.1) is 0 Å². The van der Waals surface area contributed by atoms with Crippen LogP contribution in [0.4, 0.5) is 11.5 Å². The van der Waals surface area contributed by atoms with Gasteiger partial charge in [-0.25, -0.2) is 4.98 Å². The molecular weight excluding hydrogens is 288 g/mol. The first-order valence-electron chi connectivity index (χ1n) is 6.76. The maximum Gasteiger partial charge on any atom is 0.242 e. The Hall–Kier alpha value is -2.01. The average Bonchev–Trinajstić information content (AvgIpc) is 2.48. The lowest BCUT2D eigenvalue weighted by Crippen LogP contribution is -2.24. The third kappa shape index (κ3) is 3.36. The first-order valence-corrected chi connectivity index (χ1v) is 7.14. The van der Waals surface area contributed by atoms with Gasteiger partial charge in [0.1, 0.15) is 12.0 Å². The molecule has 1 heterocycles. The lowest BCUT2D eigenvalue weighted by molar-refractivity contribution is 0.328.